The standard InChI is InChI=1S/C25H48NO10P/c1-3-5-7-9-10-11-13-14-16-23(28)26-22(25(30)31)20-36-37(32,33)35-19-21(27)18-34-24(29)17-15-12-8-6-4-2/h21-22,27H,3-20H2,1-2H3,(H,26,28)(H,30,31)(H,32,33). The number of ether oxygens (including phenoxy) is 1. The molecule has 0 bridgehead atoms. The summed E-state index contributed by atoms with van der Waals surface area (Å²) in [5.41, 5.74) is 0. The third-order valence-corrected chi connectivity index (χ3v) is 6.60. The van der Waals surface area contributed by atoms with Crippen LogP contribution in [0.3, 0.4) is 0 Å². The Morgan fingerprint density at radius 1 is 0.757 bits per heavy atom. The van der Waals surface area contributed by atoms with Crippen LogP contribution < -0.4 is 5.32 Å². The SMILES string of the molecule is CCCCCCCCCCC(=O)NC(COP(=O)(O)OCC(O)COC(=O)CCCCCCC)C(=O)O. The Morgan fingerprint density at radius 3 is 1.78 bits per heavy atom. The number of esters is 1. The van der Waals surface area contributed by atoms with Gasteiger partial charge in [0.1, 0.15) is 12.7 Å². The topological polar surface area (TPSA) is 169 Å². The number of nitrogens with one attached hydrogen (secondary N) is 1. The largest absolute Gasteiger partial charge is 0.480 e. The Hall–Kier alpha value is -1.52. The number of aliphatic hydroxyl groups is 1. The van der Waals surface area contributed by atoms with Crippen LogP contribution in [0.15, 0.2) is 0 Å². The Balaban J connectivity index is 4.16. The number of hydrogen-bond acceptors (Lipinski definition) is 8. The Bertz CT molecular complexity index is 676. The second kappa shape index (κ2) is 22.5. The van der Waals surface area contributed by atoms with Crippen LogP contribution in [0, 0.1) is 0 Å². The fraction of sp³-hybridized carbons (Fsp3) is 0.880. The molecular weight excluding hydrogens is 505 g/mol. The van der Waals surface area contributed by atoms with Gasteiger partial charge in [0.05, 0.1) is 13.2 Å². The molecule has 0 saturated heterocycles. The van der Waals surface area contributed by atoms with E-state index in [4.69, 9.17) is 4.74 Å². The summed E-state index contributed by atoms with van der Waals surface area (Å²) >= 11 is 0. The average molecular weight is 554 g/mol. The Labute approximate surface area is 221 Å². The summed E-state index contributed by atoms with van der Waals surface area (Å²) in [7, 11) is -4.72. The summed E-state index contributed by atoms with van der Waals surface area (Å²) in [6.07, 6.45) is 12.2. The van der Waals surface area contributed by atoms with Gasteiger partial charge in [0, 0.05) is 12.8 Å². The van der Waals surface area contributed by atoms with E-state index in [0.717, 1.165) is 44.9 Å². The number of phosphoric acid groups is 1. The molecule has 3 unspecified atom stereocenters. The fourth-order valence-corrected chi connectivity index (χ4v) is 4.20. The van der Waals surface area contributed by atoms with Gasteiger partial charge in [-0.15, -0.1) is 0 Å². The highest BCUT2D eigenvalue weighted by Gasteiger charge is 2.28. The summed E-state index contributed by atoms with van der Waals surface area (Å²) in [6, 6.07) is -1.53. The van der Waals surface area contributed by atoms with Crippen molar-refractivity contribution >= 4 is 25.7 Å². The molecule has 0 aliphatic rings. The molecular formula is C25H48NO10P. The first-order chi connectivity index (χ1) is 17.6. The Morgan fingerprint density at radius 2 is 1.24 bits per heavy atom. The van der Waals surface area contributed by atoms with Crippen molar-refractivity contribution in [2.24, 2.45) is 0 Å². The van der Waals surface area contributed by atoms with Crippen LogP contribution in [0.4, 0.5) is 0 Å². The molecule has 4 N–H and O–H groups in total. The second-order valence-electron chi connectivity index (χ2n) is 9.24. The molecule has 0 radical (unpaired) electrons. The van der Waals surface area contributed by atoms with Gasteiger partial charge in [0.2, 0.25) is 5.91 Å². The zero-order valence-electron chi connectivity index (χ0n) is 22.5. The molecule has 1 amide bonds. The molecule has 12 heteroatoms. The molecule has 0 aliphatic heterocycles. The lowest BCUT2D eigenvalue weighted by Crippen LogP contribution is -2.43. The number of aliphatic hydroxyl groups excluding tert-OH is 1. The van der Waals surface area contributed by atoms with Gasteiger partial charge >= 0.3 is 19.8 Å². The quantitative estimate of drug-likeness (QED) is 0.0718. The average Bonchev–Trinajstić information content (AvgIpc) is 2.85. The number of carbonyl (C=O) groups is 3. The smallest absolute Gasteiger partial charge is 0.472 e. The van der Waals surface area contributed by atoms with Crippen LogP contribution in [-0.4, -0.2) is 64.9 Å². The lowest BCUT2D eigenvalue weighted by atomic mass is 10.1. The van der Waals surface area contributed by atoms with E-state index in [1.54, 1.807) is 0 Å². The molecule has 0 saturated carbocycles. The number of carboxylic acids is 1. The predicted octanol–water partition coefficient (Wildman–Crippen LogP) is 4.48. The maximum Gasteiger partial charge on any atom is 0.472 e. The highest BCUT2D eigenvalue weighted by atomic mass is 31.2. The van der Waals surface area contributed by atoms with Gasteiger partial charge in [-0.25, -0.2) is 9.36 Å². The maximum atomic E-state index is 12.0. The monoisotopic (exact) mass is 553 g/mol. The van der Waals surface area contributed by atoms with E-state index in [9.17, 15) is 34.1 Å². The molecule has 0 heterocycles. The van der Waals surface area contributed by atoms with Gasteiger partial charge < -0.3 is 25.2 Å². The van der Waals surface area contributed by atoms with E-state index in [1.165, 1.54) is 25.7 Å². The molecule has 0 rings (SSSR count). The van der Waals surface area contributed by atoms with Gasteiger partial charge in [0.25, 0.3) is 0 Å². The van der Waals surface area contributed by atoms with E-state index in [0.29, 0.717) is 12.8 Å². The molecule has 11 nitrogen and oxygen atoms in total. The number of unbranched alkanes of at least 4 members (excludes halogenated alkanes) is 11. The molecule has 37 heavy (non-hydrogen) atoms. The van der Waals surface area contributed by atoms with Crippen molar-refractivity contribution in [3.05, 3.63) is 0 Å². The summed E-state index contributed by atoms with van der Waals surface area (Å²) in [6.45, 7) is 2.37. The minimum atomic E-state index is -4.72. The maximum absolute atomic E-state index is 12.0. The third-order valence-electron chi connectivity index (χ3n) is 5.65. The van der Waals surface area contributed by atoms with Gasteiger partial charge in [-0.1, -0.05) is 84.5 Å². The van der Waals surface area contributed by atoms with Crippen molar-refractivity contribution < 1.29 is 47.8 Å². The van der Waals surface area contributed by atoms with E-state index in [-0.39, 0.29) is 12.8 Å². The molecule has 0 spiro atoms. The number of amides is 1. The van der Waals surface area contributed by atoms with Crippen molar-refractivity contribution in [2.45, 2.75) is 122 Å². The van der Waals surface area contributed by atoms with E-state index in [2.05, 4.69) is 28.2 Å². The number of carbonyl (C=O) groups excluding carboxylic acids is 2. The Kier molecular flexibility index (Phi) is 21.5. The van der Waals surface area contributed by atoms with Crippen molar-refractivity contribution in [1.29, 1.82) is 0 Å². The lowest BCUT2D eigenvalue weighted by Gasteiger charge is -2.18. The van der Waals surface area contributed by atoms with E-state index in [1.807, 2.05) is 0 Å². The summed E-state index contributed by atoms with van der Waals surface area (Å²) in [5.74, 6) is -2.39. The summed E-state index contributed by atoms with van der Waals surface area (Å²) in [5, 5.41) is 21.4. The number of aliphatic carboxylic acids is 1. The van der Waals surface area contributed by atoms with Crippen LogP contribution in [0.1, 0.15) is 110 Å². The van der Waals surface area contributed by atoms with E-state index >= 15 is 0 Å². The zero-order chi connectivity index (χ0) is 27.9. The highest BCUT2D eigenvalue weighted by molar-refractivity contribution is 7.47. The number of hydrogen-bond donors (Lipinski definition) is 4. The van der Waals surface area contributed by atoms with Crippen LogP contribution in [0.5, 0.6) is 0 Å². The van der Waals surface area contributed by atoms with E-state index < -0.39 is 57.6 Å². The van der Waals surface area contributed by atoms with Crippen LogP contribution in [-0.2, 0) is 32.7 Å². The van der Waals surface area contributed by atoms with Gasteiger partial charge in [-0.05, 0) is 12.8 Å². The first-order valence-electron chi connectivity index (χ1n) is 13.6. The minimum absolute atomic E-state index is 0.148. The number of carboxylic acid groups (broad SMARTS) is 1. The second-order valence-corrected chi connectivity index (χ2v) is 10.7. The third kappa shape index (κ3) is 22.2. The normalized spacial score (nSPS) is 14.5. The number of rotatable bonds is 25. The van der Waals surface area contributed by atoms with Gasteiger partial charge in [-0.3, -0.25) is 18.6 Å². The fourth-order valence-electron chi connectivity index (χ4n) is 3.43. The molecule has 0 aliphatic carbocycles. The highest BCUT2D eigenvalue weighted by Crippen LogP contribution is 2.43. The van der Waals surface area contributed by atoms with Crippen molar-refractivity contribution in [1.82, 2.24) is 5.32 Å². The minimum Gasteiger partial charge on any atom is -0.480 e. The molecule has 0 aromatic heterocycles. The van der Waals surface area contributed by atoms with Crippen molar-refractivity contribution in [3.63, 3.8) is 0 Å². The molecule has 0 aromatic rings. The summed E-state index contributed by atoms with van der Waals surface area (Å²) < 4.78 is 26.3. The van der Waals surface area contributed by atoms with Crippen LogP contribution in [0.2, 0.25) is 0 Å². The summed E-state index contributed by atoms with van der Waals surface area (Å²) in [4.78, 5) is 44.9. The molecule has 218 valence electrons. The first-order valence-corrected chi connectivity index (χ1v) is 15.1. The number of phosphoric ester groups is 1. The molecule has 0 aromatic carbocycles. The van der Waals surface area contributed by atoms with Crippen LogP contribution in [0.25, 0.3) is 0 Å². The molecule has 3 atom stereocenters. The van der Waals surface area contributed by atoms with Crippen molar-refractivity contribution in [3.8, 4) is 0 Å². The first kappa shape index (κ1) is 35.5. The van der Waals surface area contributed by atoms with Crippen molar-refractivity contribution in [2.75, 3.05) is 19.8 Å². The molecule has 0 fully saturated rings. The zero-order valence-corrected chi connectivity index (χ0v) is 23.4. The lowest BCUT2D eigenvalue weighted by molar-refractivity contribution is -0.147. The van der Waals surface area contributed by atoms with Gasteiger partial charge in [-0.2, -0.15) is 0 Å². The van der Waals surface area contributed by atoms with Gasteiger partial charge in [0.15, 0.2) is 6.04 Å². The van der Waals surface area contributed by atoms with Crippen LogP contribution >= 0.6 is 7.82 Å². The predicted molar refractivity (Wildman–Crippen MR) is 139 cm³/mol.